The zero-order chi connectivity index (χ0) is 12.0. The molecule has 0 aliphatic heterocycles. The molecule has 0 aromatic heterocycles. The molecule has 0 spiro atoms. The molecule has 0 aliphatic rings. The Morgan fingerprint density at radius 1 is 1.44 bits per heavy atom. The van der Waals surface area contributed by atoms with Crippen LogP contribution < -0.4 is 5.73 Å². The lowest BCUT2D eigenvalue weighted by atomic mass is 10.1. The third kappa shape index (κ3) is 4.09. The summed E-state index contributed by atoms with van der Waals surface area (Å²) in [6, 6.07) is 8.37. The van der Waals surface area contributed by atoms with Crippen LogP contribution in [0.2, 0.25) is 0 Å². The highest BCUT2D eigenvalue weighted by atomic mass is 79.9. The lowest BCUT2D eigenvalue weighted by Gasteiger charge is -2.21. The van der Waals surface area contributed by atoms with Gasteiger partial charge in [0.05, 0.1) is 6.61 Å². The van der Waals surface area contributed by atoms with E-state index >= 15 is 0 Å². The molecule has 0 aliphatic carbocycles. The Labute approximate surface area is 110 Å². The SMILES string of the molecule is COCCSC(c1ccccc1Br)C(C)N. The lowest BCUT2D eigenvalue weighted by molar-refractivity contribution is 0.218. The van der Waals surface area contributed by atoms with Crippen molar-refractivity contribution < 1.29 is 4.74 Å². The Morgan fingerprint density at radius 3 is 2.69 bits per heavy atom. The summed E-state index contributed by atoms with van der Waals surface area (Å²) < 4.78 is 6.19. The number of hydrogen-bond acceptors (Lipinski definition) is 3. The number of benzene rings is 1. The zero-order valence-corrected chi connectivity index (χ0v) is 12.1. The van der Waals surface area contributed by atoms with Crippen LogP contribution >= 0.6 is 27.7 Å². The smallest absolute Gasteiger partial charge is 0.0553 e. The molecule has 0 fully saturated rings. The highest BCUT2D eigenvalue weighted by molar-refractivity contribution is 9.10. The fraction of sp³-hybridized carbons (Fsp3) is 0.500. The molecule has 1 rings (SSSR count). The summed E-state index contributed by atoms with van der Waals surface area (Å²) in [5.74, 6) is 0.962. The molecular formula is C12H18BrNOS. The molecule has 0 saturated carbocycles. The van der Waals surface area contributed by atoms with Crippen LogP contribution in [-0.4, -0.2) is 25.5 Å². The first-order valence-corrected chi connectivity index (χ1v) is 7.11. The Bertz CT molecular complexity index is 320. The number of nitrogens with two attached hydrogens (primary N) is 1. The summed E-state index contributed by atoms with van der Waals surface area (Å²) in [7, 11) is 1.72. The number of methoxy groups -OCH3 is 1. The van der Waals surface area contributed by atoms with Crippen LogP contribution in [0.15, 0.2) is 28.7 Å². The predicted octanol–water partition coefficient (Wildman–Crippen LogP) is 3.22. The first kappa shape index (κ1) is 14.0. The van der Waals surface area contributed by atoms with Gasteiger partial charge in [-0.2, -0.15) is 0 Å². The lowest BCUT2D eigenvalue weighted by Crippen LogP contribution is -2.23. The minimum absolute atomic E-state index is 0.126. The predicted molar refractivity (Wildman–Crippen MR) is 74.9 cm³/mol. The molecule has 2 nitrogen and oxygen atoms in total. The van der Waals surface area contributed by atoms with Gasteiger partial charge in [-0.25, -0.2) is 0 Å². The Kier molecular flexibility index (Phi) is 6.43. The maximum absolute atomic E-state index is 6.04. The average molecular weight is 304 g/mol. The number of rotatable bonds is 6. The first-order valence-electron chi connectivity index (χ1n) is 5.27. The first-order chi connectivity index (χ1) is 7.66. The van der Waals surface area contributed by atoms with Crippen molar-refractivity contribution in [3.8, 4) is 0 Å². The molecule has 1 aromatic rings. The minimum Gasteiger partial charge on any atom is -0.384 e. The van der Waals surface area contributed by atoms with Gasteiger partial charge in [0.15, 0.2) is 0 Å². The molecule has 0 amide bonds. The summed E-state index contributed by atoms with van der Waals surface area (Å²) in [5.41, 5.74) is 7.30. The van der Waals surface area contributed by atoms with Gasteiger partial charge in [0.1, 0.15) is 0 Å². The molecule has 0 bridgehead atoms. The standard InChI is InChI=1S/C12H18BrNOS/c1-9(14)12(16-8-7-15-2)10-5-3-4-6-11(10)13/h3-6,9,12H,7-8,14H2,1-2H3. The highest BCUT2D eigenvalue weighted by Gasteiger charge is 2.18. The normalized spacial score (nSPS) is 14.8. The van der Waals surface area contributed by atoms with E-state index in [0.29, 0.717) is 5.25 Å². The van der Waals surface area contributed by atoms with Crippen molar-refractivity contribution in [2.24, 2.45) is 5.73 Å². The molecule has 2 N–H and O–H groups in total. The van der Waals surface area contributed by atoms with Crippen LogP contribution in [0, 0.1) is 0 Å². The highest BCUT2D eigenvalue weighted by Crippen LogP contribution is 2.35. The fourth-order valence-electron chi connectivity index (χ4n) is 1.49. The van der Waals surface area contributed by atoms with Crippen molar-refractivity contribution in [2.45, 2.75) is 18.2 Å². The second-order valence-corrected chi connectivity index (χ2v) is 5.77. The maximum atomic E-state index is 6.04. The second-order valence-electron chi connectivity index (χ2n) is 3.66. The van der Waals surface area contributed by atoms with Gasteiger partial charge < -0.3 is 10.5 Å². The monoisotopic (exact) mass is 303 g/mol. The quantitative estimate of drug-likeness (QED) is 0.820. The summed E-state index contributed by atoms with van der Waals surface area (Å²) >= 11 is 5.42. The number of thioether (sulfide) groups is 1. The Balaban J connectivity index is 2.74. The topological polar surface area (TPSA) is 35.2 Å². The largest absolute Gasteiger partial charge is 0.384 e. The summed E-state index contributed by atoms with van der Waals surface area (Å²) in [5, 5.41) is 0.311. The Morgan fingerprint density at radius 2 is 2.12 bits per heavy atom. The van der Waals surface area contributed by atoms with Gasteiger partial charge in [-0.15, -0.1) is 11.8 Å². The van der Waals surface area contributed by atoms with Crippen LogP contribution in [0.25, 0.3) is 0 Å². The van der Waals surface area contributed by atoms with Crippen LogP contribution in [0.5, 0.6) is 0 Å². The van der Waals surface area contributed by atoms with E-state index in [9.17, 15) is 0 Å². The van der Waals surface area contributed by atoms with Crippen LogP contribution in [-0.2, 0) is 4.74 Å². The second kappa shape index (κ2) is 7.33. The summed E-state index contributed by atoms with van der Waals surface area (Å²) in [6.07, 6.45) is 0. The molecule has 2 unspecified atom stereocenters. The van der Waals surface area contributed by atoms with Gasteiger partial charge in [0, 0.05) is 28.6 Å². The van der Waals surface area contributed by atoms with E-state index in [2.05, 4.69) is 28.1 Å². The van der Waals surface area contributed by atoms with E-state index in [1.54, 1.807) is 7.11 Å². The average Bonchev–Trinajstić information content (AvgIpc) is 2.25. The van der Waals surface area contributed by atoms with E-state index in [4.69, 9.17) is 10.5 Å². The van der Waals surface area contributed by atoms with Gasteiger partial charge in [0.25, 0.3) is 0 Å². The van der Waals surface area contributed by atoms with Gasteiger partial charge in [0.2, 0.25) is 0 Å². The Hall–Kier alpha value is -0.0300. The van der Waals surface area contributed by atoms with Crippen molar-refractivity contribution in [3.63, 3.8) is 0 Å². The number of halogens is 1. The van der Waals surface area contributed by atoms with Crippen molar-refractivity contribution in [3.05, 3.63) is 34.3 Å². The molecule has 16 heavy (non-hydrogen) atoms. The van der Waals surface area contributed by atoms with E-state index in [-0.39, 0.29) is 6.04 Å². The molecule has 0 radical (unpaired) electrons. The number of ether oxygens (including phenoxy) is 1. The number of hydrogen-bond donors (Lipinski definition) is 1. The van der Waals surface area contributed by atoms with Gasteiger partial charge in [-0.3, -0.25) is 0 Å². The van der Waals surface area contributed by atoms with Gasteiger partial charge >= 0.3 is 0 Å². The van der Waals surface area contributed by atoms with Crippen LogP contribution in [0.4, 0.5) is 0 Å². The molecule has 0 saturated heterocycles. The molecule has 0 heterocycles. The molecule has 2 atom stereocenters. The third-order valence-electron chi connectivity index (χ3n) is 2.27. The summed E-state index contributed by atoms with van der Waals surface area (Å²) in [6.45, 7) is 2.81. The molecule has 90 valence electrons. The van der Waals surface area contributed by atoms with Crippen molar-refractivity contribution >= 4 is 27.7 Å². The minimum atomic E-state index is 0.126. The zero-order valence-electron chi connectivity index (χ0n) is 9.65. The maximum Gasteiger partial charge on any atom is 0.0553 e. The van der Waals surface area contributed by atoms with Crippen molar-refractivity contribution in [1.29, 1.82) is 0 Å². The molecule has 1 aromatic carbocycles. The van der Waals surface area contributed by atoms with Crippen molar-refractivity contribution in [2.75, 3.05) is 19.5 Å². The molecule has 4 heteroatoms. The van der Waals surface area contributed by atoms with Crippen molar-refractivity contribution in [1.82, 2.24) is 0 Å². The fourth-order valence-corrected chi connectivity index (χ4v) is 3.38. The van der Waals surface area contributed by atoms with Crippen LogP contribution in [0.1, 0.15) is 17.7 Å². The van der Waals surface area contributed by atoms with E-state index < -0.39 is 0 Å². The summed E-state index contributed by atoms with van der Waals surface area (Å²) in [4.78, 5) is 0. The third-order valence-corrected chi connectivity index (χ3v) is 4.44. The van der Waals surface area contributed by atoms with Gasteiger partial charge in [-0.05, 0) is 18.6 Å². The van der Waals surface area contributed by atoms with Gasteiger partial charge in [-0.1, -0.05) is 34.1 Å². The van der Waals surface area contributed by atoms with E-state index in [0.717, 1.165) is 16.8 Å². The van der Waals surface area contributed by atoms with E-state index in [1.165, 1.54) is 5.56 Å². The molecular weight excluding hydrogens is 286 g/mol. The van der Waals surface area contributed by atoms with Crippen LogP contribution in [0.3, 0.4) is 0 Å². The van der Waals surface area contributed by atoms with E-state index in [1.807, 2.05) is 30.8 Å².